The van der Waals surface area contributed by atoms with Gasteiger partial charge in [0.1, 0.15) is 0 Å². The van der Waals surface area contributed by atoms with E-state index in [-0.39, 0.29) is 6.04 Å². The van der Waals surface area contributed by atoms with Gasteiger partial charge in [-0.2, -0.15) is 5.10 Å². The van der Waals surface area contributed by atoms with Crippen LogP contribution in [-0.4, -0.2) is 45.6 Å². The fourth-order valence-electron chi connectivity index (χ4n) is 3.71. The molecule has 0 bridgehead atoms. The molecule has 0 aliphatic carbocycles. The number of benzene rings is 2. The summed E-state index contributed by atoms with van der Waals surface area (Å²) in [5.74, 6) is 1.93. The molecule has 2 aromatic carbocycles. The van der Waals surface area contributed by atoms with Crippen LogP contribution in [0, 0.1) is 6.92 Å². The predicted molar refractivity (Wildman–Crippen MR) is 132 cm³/mol. The number of hydrogen-bond donors (Lipinski definition) is 1. The first-order chi connectivity index (χ1) is 15.9. The zero-order valence-electron chi connectivity index (χ0n) is 20.1. The van der Waals surface area contributed by atoms with E-state index in [2.05, 4.69) is 25.3 Å². The van der Waals surface area contributed by atoms with Gasteiger partial charge >= 0.3 is 0 Å². The third kappa shape index (κ3) is 6.24. The molecule has 1 atom stereocenters. The second kappa shape index (κ2) is 11.7. The summed E-state index contributed by atoms with van der Waals surface area (Å²) in [6.07, 6.45) is 2.91. The molecule has 0 saturated carbocycles. The molecule has 1 aromatic heterocycles. The monoisotopic (exact) mass is 449 g/mol. The molecule has 33 heavy (non-hydrogen) atoms. The molecular weight excluding hydrogens is 414 g/mol. The molecule has 3 aromatic rings. The van der Waals surface area contributed by atoms with Crippen LogP contribution in [0.3, 0.4) is 0 Å². The Labute approximate surface area is 197 Å². The quantitative estimate of drug-likeness (QED) is 0.369. The van der Waals surface area contributed by atoms with E-state index in [9.17, 15) is 5.11 Å². The lowest BCUT2D eigenvalue weighted by Gasteiger charge is -2.29. The summed E-state index contributed by atoms with van der Waals surface area (Å²) in [5.41, 5.74) is 2.78. The number of para-hydroxylation sites is 3. The summed E-state index contributed by atoms with van der Waals surface area (Å²) in [6, 6.07) is 17.8. The topological polar surface area (TPSA) is 59.8 Å². The summed E-state index contributed by atoms with van der Waals surface area (Å²) >= 11 is 0. The van der Waals surface area contributed by atoms with E-state index in [0.29, 0.717) is 36.9 Å². The first-order valence-electron chi connectivity index (χ1n) is 11.4. The minimum Gasteiger partial charge on any atom is -0.493 e. The second-order valence-electron chi connectivity index (χ2n) is 8.41. The van der Waals surface area contributed by atoms with Crippen LogP contribution < -0.4 is 9.47 Å². The van der Waals surface area contributed by atoms with Crippen LogP contribution in [0.25, 0.3) is 5.69 Å². The molecule has 0 saturated heterocycles. The van der Waals surface area contributed by atoms with Gasteiger partial charge in [-0.3, -0.25) is 4.90 Å². The highest BCUT2D eigenvalue weighted by molar-refractivity contribution is 5.47. The number of hydrogen-bond acceptors (Lipinski definition) is 5. The maximum Gasteiger partial charge on any atom is 0.227 e. The van der Waals surface area contributed by atoms with Gasteiger partial charge < -0.3 is 14.6 Å². The first-order valence-corrected chi connectivity index (χ1v) is 11.4. The third-order valence-corrected chi connectivity index (χ3v) is 5.65. The van der Waals surface area contributed by atoms with Crippen LogP contribution in [0.4, 0.5) is 0 Å². The van der Waals surface area contributed by atoms with E-state index in [1.54, 1.807) is 7.11 Å². The Kier molecular flexibility index (Phi) is 8.69. The van der Waals surface area contributed by atoms with Gasteiger partial charge in [-0.15, -0.1) is 6.58 Å². The van der Waals surface area contributed by atoms with Crippen molar-refractivity contribution in [2.45, 2.75) is 52.3 Å². The van der Waals surface area contributed by atoms with Gasteiger partial charge in [-0.05, 0) is 57.9 Å². The Morgan fingerprint density at radius 2 is 1.76 bits per heavy atom. The highest BCUT2D eigenvalue weighted by Crippen LogP contribution is 2.36. The number of ether oxygens (including phenoxy) is 2. The second-order valence-corrected chi connectivity index (χ2v) is 8.41. The standard InChI is InChI=1S/C27H35N3O3/c1-6-7-15-23(31)18-29(20(2)3)19-24-21(4)28-30(22-13-9-8-10-14-22)27(24)33-26-17-12-11-16-25(26)32-5/h6,8-14,16-17,20,23,31H,1,7,15,18-19H2,2-5H3/t23-/m1/s1. The average molecular weight is 450 g/mol. The smallest absolute Gasteiger partial charge is 0.227 e. The predicted octanol–water partition coefficient (Wildman–Crippen LogP) is 5.52. The molecule has 6 heteroatoms. The van der Waals surface area contributed by atoms with Crippen molar-refractivity contribution in [2.75, 3.05) is 13.7 Å². The molecule has 0 spiro atoms. The van der Waals surface area contributed by atoms with Gasteiger partial charge in [0.2, 0.25) is 5.88 Å². The van der Waals surface area contributed by atoms with E-state index in [1.165, 1.54) is 0 Å². The summed E-state index contributed by atoms with van der Waals surface area (Å²) in [5, 5.41) is 15.4. The lowest BCUT2D eigenvalue weighted by Crippen LogP contribution is -2.37. The van der Waals surface area contributed by atoms with Gasteiger partial charge in [0.15, 0.2) is 11.5 Å². The van der Waals surface area contributed by atoms with E-state index >= 15 is 0 Å². The first kappa shape index (κ1) is 24.6. The normalized spacial score (nSPS) is 12.2. The number of rotatable bonds is 12. The summed E-state index contributed by atoms with van der Waals surface area (Å²) in [7, 11) is 1.63. The molecule has 0 aliphatic rings. The van der Waals surface area contributed by atoms with Gasteiger partial charge in [0.25, 0.3) is 0 Å². The number of aliphatic hydroxyl groups is 1. The van der Waals surface area contributed by atoms with Crippen LogP contribution in [0.1, 0.15) is 37.9 Å². The van der Waals surface area contributed by atoms with Crippen LogP contribution in [-0.2, 0) is 6.54 Å². The molecule has 0 radical (unpaired) electrons. The summed E-state index contributed by atoms with van der Waals surface area (Å²) in [6.45, 7) is 11.2. The number of aliphatic hydroxyl groups excluding tert-OH is 1. The Balaban J connectivity index is 2.01. The van der Waals surface area contributed by atoms with E-state index in [1.807, 2.05) is 72.3 Å². The van der Waals surface area contributed by atoms with E-state index in [4.69, 9.17) is 14.6 Å². The van der Waals surface area contributed by atoms with Crippen LogP contribution >= 0.6 is 0 Å². The molecule has 1 N–H and O–H groups in total. The van der Waals surface area contributed by atoms with E-state index < -0.39 is 6.10 Å². The van der Waals surface area contributed by atoms with Crippen molar-refractivity contribution in [3.8, 4) is 23.1 Å². The van der Waals surface area contributed by atoms with Crippen molar-refractivity contribution in [3.63, 3.8) is 0 Å². The highest BCUT2D eigenvalue weighted by Gasteiger charge is 2.24. The van der Waals surface area contributed by atoms with Gasteiger partial charge in [0.05, 0.1) is 30.2 Å². The Morgan fingerprint density at radius 3 is 2.39 bits per heavy atom. The Morgan fingerprint density at radius 1 is 1.09 bits per heavy atom. The highest BCUT2D eigenvalue weighted by atomic mass is 16.5. The van der Waals surface area contributed by atoms with Gasteiger partial charge in [0, 0.05) is 19.1 Å². The van der Waals surface area contributed by atoms with Crippen molar-refractivity contribution in [1.82, 2.24) is 14.7 Å². The minimum absolute atomic E-state index is 0.238. The summed E-state index contributed by atoms with van der Waals surface area (Å²) in [4.78, 5) is 2.25. The van der Waals surface area contributed by atoms with Crippen molar-refractivity contribution in [3.05, 3.63) is 78.5 Å². The molecule has 0 unspecified atom stereocenters. The maximum atomic E-state index is 10.5. The van der Waals surface area contributed by atoms with Crippen molar-refractivity contribution in [1.29, 1.82) is 0 Å². The molecule has 1 heterocycles. The van der Waals surface area contributed by atoms with Crippen molar-refractivity contribution >= 4 is 0 Å². The maximum absolute atomic E-state index is 10.5. The molecule has 3 rings (SSSR count). The van der Waals surface area contributed by atoms with E-state index in [0.717, 1.165) is 23.4 Å². The third-order valence-electron chi connectivity index (χ3n) is 5.65. The zero-order chi connectivity index (χ0) is 23.8. The molecular formula is C27H35N3O3. The van der Waals surface area contributed by atoms with Gasteiger partial charge in [-0.1, -0.05) is 36.4 Å². The number of nitrogens with zero attached hydrogens (tertiary/aromatic N) is 3. The zero-order valence-corrected chi connectivity index (χ0v) is 20.1. The fourth-order valence-corrected chi connectivity index (χ4v) is 3.71. The SMILES string of the molecule is C=CCC[C@@H](O)CN(Cc1c(C)nn(-c2ccccc2)c1Oc1ccccc1OC)C(C)C. The van der Waals surface area contributed by atoms with Gasteiger partial charge in [-0.25, -0.2) is 4.68 Å². The number of aromatic nitrogens is 2. The summed E-state index contributed by atoms with van der Waals surface area (Å²) < 4.78 is 13.8. The molecule has 0 aliphatic heterocycles. The minimum atomic E-state index is -0.423. The van der Waals surface area contributed by atoms with Crippen LogP contribution in [0.5, 0.6) is 17.4 Å². The Hall–Kier alpha value is -3.09. The fraction of sp³-hybridized carbons (Fsp3) is 0.370. The van der Waals surface area contributed by atoms with Crippen LogP contribution in [0.15, 0.2) is 67.3 Å². The van der Waals surface area contributed by atoms with Crippen molar-refractivity contribution < 1.29 is 14.6 Å². The Bertz CT molecular complexity index is 1030. The molecule has 6 nitrogen and oxygen atoms in total. The lowest BCUT2D eigenvalue weighted by atomic mass is 10.1. The molecule has 176 valence electrons. The average Bonchev–Trinajstić information content (AvgIpc) is 3.13. The largest absolute Gasteiger partial charge is 0.493 e. The number of methoxy groups -OCH3 is 1. The van der Waals surface area contributed by atoms with Crippen molar-refractivity contribution in [2.24, 2.45) is 0 Å². The van der Waals surface area contributed by atoms with Crippen LogP contribution in [0.2, 0.25) is 0 Å². The lowest BCUT2D eigenvalue weighted by molar-refractivity contribution is 0.0849. The molecule has 0 fully saturated rings. The number of aryl methyl sites for hydroxylation is 1. The number of allylic oxidation sites excluding steroid dienone is 1. The molecule has 0 amide bonds.